The van der Waals surface area contributed by atoms with Crippen molar-refractivity contribution in [3.05, 3.63) is 48.5 Å². The molecule has 6 nitrogen and oxygen atoms in total. The van der Waals surface area contributed by atoms with Gasteiger partial charge in [0.25, 0.3) is 5.91 Å². The van der Waals surface area contributed by atoms with E-state index in [0.717, 1.165) is 43.1 Å². The smallest absolute Gasteiger partial charge is 0.253 e. The Morgan fingerprint density at radius 3 is 2.48 bits per heavy atom. The molecule has 6 heteroatoms. The van der Waals surface area contributed by atoms with Gasteiger partial charge in [-0.15, -0.1) is 0 Å². The van der Waals surface area contributed by atoms with Crippen molar-refractivity contribution in [2.75, 3.05) is 32.8 Å². The first kappa shape index (κ1) is 18.1. The second-order valence-corrected chi connectivity index (χ2v) is 7.56. The summed E-state index contributed by atoms with van der Waals surface area (Å²) >= 11 is 0. The highest BCUT2D eigenvalue weighted by Gasteiger charge is 2.33. The fraction of sp³-hybridized carbons (Fsp3) is 0.476. The van der Waals surface area contributed by atoms with E-state index in [0.29, 0.717) is 12.1 Å². The Bertz CT molecular complexity index is 762. The predicted molar refractivity (Wildman–Crippen MR) is 103 cm³/mol. The Morgan fingerprint density at radius 2 is 1.81 bits per heavy atom. The molecule has 0 spiro atoms. The molecule has 1 aromatic carbocycles. The van der Waals surface area contributed by atoms with Crippen molar-refractivity contribution in [3.63, 3.8) is 0 Å². The van der Waals surface area contributed by atoms with Crippen LogP contribution >= 0.6 is 0 Å². The van der Waals surface area contributed by atoms with Gasteiger partial charge in [-0.3, -0.25) is 9.69 Å². The Balaban J connectivity index is 1.42. The van der Waals surface area contributed by atoms with E-state index < -0.39 is 0 Å². The lowest BCUT2D eigenvalue weighted by Gasteiger charge is -2.41. The van der Waals surface area contributed by atoms with Crippen LogP contribution in [0, 0.1) is 5.92 Å². The van der Waals surface area contributed by atoms with Gasteiger partial charge in [-0.1, -0.05) is 12.1 Å². The SMILES string of the molecule is O=C(c1ccc(-c2cncnc2)cc1)N1CCN(CC2CC2)[C@@H](CCO)C1. The molecule has 1 N–H and O–H groups in total. The van der Waals surface area contributed by atoms with E-state index in [2.05, 4.69) is 14.9 Å². The molecule has 2 aliphatic rings. The number of carbonyl (C=O) groups excluding carboxylic acids is 1. The topological polar surface area (TPSA) is 69.6 Å². The van der Waals surface area contributed by atoms with Gasteiger partial charge < -0.3 is 10.0 Å². The average molecular weight is 366 g/mol. The molecule has 4 rings (SSSR count). The van der Waals surface area contributed by atoms with Crippen LogP contribution in [0.15, 0.2) is 43.0 Å². The highest BCUT2D eigenvalue weighted by Crippen LogP contribution is 2.31. The first-order chi connectivity index (χ1) is 13.2. The first-order valence-corrected chi connectivity index (χ1v) is 9.74. The van der Waals surface area contributed by atoms with Gasteiger partial charge in [-0.25, -0.2) is 9.97 Å². The van der Waals surface area contributed by atoms with E-state index in [4.69, 9.17) is 0 Å². The maximum atomic E-state index is 13.0. The minimum atomic E-state index is 0.0693. The number of aliphatic hydroxyl groups excluding tert-OH is 1. The molecule has 142 valence electrons. The van der Waals surface area contributed by atoms with Crippen LogP contribution in [-0.2, 0) is 0 Å². The van der Waals surface area contributed by atoms with Gasteiger partial charge in [0, 0.05) is 62.3 Å². The maximum Gasteiger partial charge on any atom is 0.253 e. The van der Waals surface area contributed by atoms with Gasteiger partial charge in [0.15, 0.2) is 0 Å². The highest BCUT2D eigenvalue weighted by atomic mass is 16.3. The fourth-order valence-corrected chi connectivity index (χ4v) is 3.81. The van der Waals surface area contributed by atoms with E-state index in [1.54, 1.807) is 12.4 Å². The summed E-state index contributed by atoms with van der Waals surface area (Å²) < 4.78 is 0. The number of piperazine rings is 1. The lowest BCUT2D eigenvalue weighted by molar-refractivity contribution is 0.0407. The lowest BCUT2D eigenvalue weighted by atomic mass is 10.0. The van der Waals surface area contributed by atoms with Crippen LogP contribution in [0.1, 0.15) is 29.6 Å². The number of rotatable bonds is 6. The average Bonchev–Trinajstić information content (AvgIpc) is 3.54. The van der Waals surface area contributed by atoms with Gasteiger partial charge in [0.2, 0.25) is 0 Å². The van der Waals surface area contributed by atoms with E-state index in [9.17, 15) is 9.90 Å². The lowest BCUT2D eigenvalue weighted by Crippen LogP contribution is -2.55. The third-order valence-corrected chi connectivity index (χ3v) is 5.57. The quantitative estimate of drug-likeness (QED) is 0.847. The number of carbonyl (C=O) groups is 1. The normalized spacial score (nSPS) is 20.6. The van der Waals surface area contributed by atoms with Crippen LogP contribution in [0.2, 0.25) is 0 Å². The molecule has 2 aromatic rings. The monoisotopic (exact) mass is 366 g/mol. The summed E-state index contributed by atoms with van der Waals surface area (Å²) in [7, 11) is 0. The molecule has 1 aliphatic carbocycles. The zero-order valence-electron chi connectivity index (χ0n) is 15.5. The Kier molecular flexibility index (Phi) is 5.45. The molecular formula is C21H26N4O2. The van der Waals surface area contributed by atoms with Crippen molar-refractivity contribution in [3.8, 4) is 11.1 Å². The molecule has 1 aliphatic heterocycles. The summed E-state index contributed by atoms with van der Waals surface area (Å²) in [5.74, 6) is 0.892. The molecular weight excluding hydrogens is 340 g/mol. The number of hydrogen-bond donors (Lipinski definition) is 1. The molecule has 0 unspecified atom stereocenters. The molecule has 2 heterocycles. The molecule has 0 bridgehead atoms. The zero-order valence-corrected chi connectivity index (χ0v) is 15.5. The second kappa shape index (κ2) is 8.15. The summed E-state index contributed by atoms with van der Waals surface area (Å²) in [4.78, 5) is 25.4. The number of amides is 1. The zero-order chi connectivity index (χ0) is 18.6. The van der Waals surface area contributed by atoms with E-state index >= 15 is 0 Å². The number of aliphatic hydroxyl groups is 1. The molecule has 1 saturated carbocycles. The summed E-state index contributed by atoms with van der Waals surface area (Å²) in [5, 5.41) is 9.43. The van der Waals surface area contributed by atoms with Crippen LogP contribution in [-0.4, -0.2) is 69.6 Å². The van der Waals surface area contributed by atoms with E-state index in [-0.39, 0.29) is 18.6 Å². The van der Waals surface area contributed by atoms with Gasteiger partial charge in [0.1, 0.15) is 6.33 Å². The van der Waals surface area contributed by atoms with Crippen LogP contribution in [0.3, 0.4) is 0 Å². The largest absolute Gasteiger partial charge is 0.396 e. The van der Waals surface area contributed by atoms with Crippen LogP contribution in [0.5, 0.6) is 0 Å². The highest BCUT2D eigenvalue weighted by molar-refractivity contribution is 5.94. The number of benzene rings is 1. The molecule has 1 saturated heterocycles. The molecule has 0 radical (unpaired) electrons. The molecule has 1 aromatic heterocycles. The summed E-state index contributed by atoms with van der Waals surface area (Å²) in [6.07, 6.45) is 8.41. The fourth-order valence-electron chi connectivity index (χ4n) is 3.81. The Morgan fingerprint density at radius 1 is 1.07 bits per heavy atom. The summed E-state index contributed by atoms with van der Waals surface area (Å²) in [6, 6.07) is 7.90. The summed E-state index contributed by atoms with van der Waals surface area (Å²) in [5.41, 5.74) is 2.64. The van der Waals surface area contributed by atoms with Crippen LogP contribution < -0.4 is 0 Å². The Hall–Kier alpha value is -2.31. The van der Waals surface area contributed by atoms with E-state index in [1.165, 1.54) is 19.2 Å². The van der Waals surface area contributed by atoms with Crippen molar-refractivity contribution in [2.24, 2.45) is 5.92 Å². The third kappa shape index (κ3) is 4.34. The van der Waals surface area contributed by atoms with Gasteiger partial charge in [-0.05, 0) is 42.9 Å². The maximum absolute atomic E-state index is 13.0. The Labute approximate surface area is 159 Å². The van der Waals surface area contributed by atoms with Crippen molar-refractivity contribution in [1.29, 1.82) is 0 Å². The van der Waals surface area contributed by atoms with E-state index in [1.807, 2.05) is 29.2 Å². The number of hydrogen-bond acceptors (Lipinski definition) is 5. The number of aromatic nitrogens is 2. The van der Waals surface area contributed by atoms with Crippen molar-refractivity contribution < 1.29 is 9.90 Å². The molecule has 2 fully saturated rings. The standard InChI is InChI=1S/C21H26N4O2/c26-10-7-20-14-25(9-8-24(20)13-16-1-2-16)21(27)18-5-3-17(4-6-18)19-11-22-15-23-12-19/h3-6,11-12,15-16,20,26H,1-2,7-10,13-14H2/t20-/m0/s1. The summed E-state index contributed by atoms with van der Waals surface area (Å²) in [6.45, 7) is 3.62. The van der Waals surface area contributed by atoms with Crippen LogP contribution in [0.25, 0.3) is 11.1 Å². The first-order valence-electron chi connectivity index (χ1n) is 9.74. The van der Waals surface area contributed by atoms with Crippen molar-refractivity contribution in [1.82, 2.24) is 19.8 Å². The van der Waals surface area contributed by atoms with Crippen molar-refractivity contribution in [2.45, 2.75) is 25.3 Å². The van der Waals surface area contributed by atoms with Crippen molar-refractivity contribution >= 4 is 5.91 Å². The van der Waals surface area contributed by atoms with Gasteiger partial charge >= 0.3 is 0 Å². The molecule has 27 heavy (non-hydrogen) atoms. The minimum absolute atomic E-state index is 0.0693. The molecule has 1 atom stereocenters. The number of nitrogens with zero attached hydrogens (tertiary/aromatic N) is 4. The predicted octanol–water partition coefficient (Wildman–Crippen LogP) is 2.06. The minimum Gasteiger partial charge on any atom is -0.396 e. The molecule has 1 amide bonds. The van der Waals surface area contributed by atoms with Gasteiger partial charge in [0.05, 0.1) is 0 Å². The van der Waals surface area contributed by atoms with Gasteiger partial charge in [-0.2, -0.15) is 0 Å². The third-order valence-electron chi connectivity index (χ3n) is 5.57. The second-order valence-electron chi connectivity index (χ2n) is 7.56. The van der Waals surface area contributed by atoms with Crippen LogP contribution in [0.4, 0.5) is 0 Å².